The Hall–Kier alpha value is -1.37. The molecule has 0 aliphatic heterocycles. The molecule has 0 spiro atoms. The number of carbonyl (C=O) groups is 1. The van der Waals surface area contributed by atoms with E-state index in [4.69, 9.17) is 14.3 Å². The van der Waals surface area contributed by atoms with Gasteiger partial charge < -0.3 is 14.3 Å². The Morgan fingerprint density at radius 1 is 1.35 bits per heavy atom. The lowest BCUT2D eigenvalue weighted by Gasteiger charge is -2.21. The van der Waals surface area contributed by atoms with Gasteiger partial charge >= 0.3 is 12.0 Å². The van der Waals surface area contributed by atoms with Crippen LogP contribution in [-0.4, -0.2) is 26.0 Å². The molecule has 0 aromatic rings. The van der Waals surface area contributed by atoms with Crippen LogP contribution in [-0.2, 0) is 14.0 Å². The number of hydrogen-bond donors (Lipinski definition) is 1. The summed E-state index contributed by atoms with van der Waals surface area (Å²) in [5.74, 6) is -2.43. The van der Waals surface area contributed by atoms with Crippen LogP contribution in [0.4, 0.5) is 8.78 Å². The number of ether oxygens (including phenoxy) is 1. The van der Waals surface area contributed by atoms with Gasteiger partial charge in [-0.1, -0.05) is 0 Å². The lowest BCUT2D eigenvalue weighted by molar-refractivity contribution is -0.132. The molecule has 0 saturated carbocycles. The van der Waals surface area contributed by atoms with Crippen LogP contribution in [0.5, 0.6) is 0 Å². The molecule has 0 unspecified atom stereocenters. The summed E-state index contributed by atoms with van der Waals surface area (Å²) < 4.78 is 35.2. The van der Waals surface area contributed by atoms with Gasteiger partial charge in [0.1, 0.15) is 11.8 Å². The van der Waals surface area contributed by atoms with E-state index in [9.17, 15) is 13.6 Å². The maximum Gasteiger partial charge on any atom is 0.342 e. The van der Waals surface area contributed by atoms with E-state index in [1.165, 1.54) is 0 Å². The normalized spacial score (nSPS) is 12.0. The zero-order valence-electron chi connectivity index (χ0n) is 10.2. The Bertz CT molecular complexity index is 341. The van der Waals surface area contributed by atoms with Crippen LogP contribution in [0.15, 0.2) is 23.7 Å². The molecule has 1 N–H and O–H groups in total. The first kappa shape index (κ1) is 15.6. The molecule has 0 amide bonds. The van der Waals surface area contributed by atoms with Gasteiger partial charge in [-0.25, -0.2) is 4.79 Å². The minimum atomic E-state index is -2.33. The molecular weight excluding hydrogens is 250 g/mol. The minimum Gasteiger partial charge on any atom is -0.540 e. The number of rotatable bonds is 6. The van der Waals surface area contributed by atoms with Crippen molar-refractivity contribution in [2.45, 2.75) is 26.6 Å². The van der Waals surface area contributed by atoms with Gasteiger partial charge in [-0.15, -0.1) is 0 Å². The minimum absolute atomic E-state index is 0.185. The summed E-state index contributed by atoms with van der Waals surface area (Å²) >= 11 is 0. The topological polar surface area (TPSA) is 55.8 Å². The van der Waals surface area contributed by atoms with Gasteiger partial charge in [-0.05, 0) is 26.6 Å². The predicted molar refractivity (Wildman–Crippen MR) is 61.0 cm³/mol. The third kappa shape index (κ3) is 6.05. The van der Waals surface area contributed by atoms with Crippen molar-refractivity contribution in [1.29, 1.82) is 0 Å². The highest BCUT2D eigenvalue weighted by molar-refractivity contribution is 6.70. The molecule has 4 nitrogen and oxygen atoms in total. The van der Waals surface area contributed by atoms with Crippen molar-refractivity contribution in [2.75, 3.05) is 6.61 Å². The quantitative estimate of drug-likeness (QED) is 0.347. The second kappa shape index (κ2) is 6.38. The number of hydrogen-bond acceptors (Lipinski definition) is 3. The summed E-state index contributed by atoms with van der Waals surface area (Å²) in [7, 11) is -2.33. The van der Waals surface area contributed by atoms with Crippen LogP contribution in [0.3, 0.4) is 0 Å². The van der Waals surface area contributed by atoms with Crippen LogP contribution in [0.1, 0.15) is 6.92 Å². The summed E-state index contributed by atoms with van der Waals surface area (Å²) in [4.78, 5) is 10.9. The summed E-state index contributed by atoms with van der Waals surface area (Å²) in [6.45, 7) is 6.83. The molecule has 98 valence electrons. The first-order valence-electron chi connectivity index (χ1n) is 4.98. The number of halogens is 2. The molecule has 0 atom stereocenters. The summed E-state index contributed by atoms with van der Waals surface area (Å²) in [6, 6.07) is 0. The van der Waals surface area contributed by atoms with Crippen LogP contribution in [0.2, 0.25) is 19.6 Å². The Morgan fingerprint density at radius 2 is 1.88 bits per heavy atom. The number of carboxylic acids is 1. The molecule has 0 aliphatic carbocycles. The largest absolute Gasteiger partial charge is 0.540 e. The van der Waals surface area contributed by atoms with E-state index < -0.39 is 31.7 Å². The van der Waals surface area contributed by atoms with Crippen molar-refractivity contribution in [1.82, 2.24) is 0 Å². The second-order valence-electron chi connectivity index (χ2n) is 4.10. The van der Waals surface area contributed by atoms with E-state index in [2.05, 4.69) is 0 Å². The van der Waals surface area contributed by atoms with E-state index in [1.807, 2.05) is 0 Å². The smallest absolute Gasteiger partial charge is 0.342 e. The van der Waals surface area contributed by atoms with Gasteiger partial charge in [0.15, 0.2) is 5.76 Å². The first-order valence-corrected chi connectivity index (χ1v) is 8.39. The monoisotopic (exact) mass is 266 g/mol. The van der Waals surface area contributed by atoms with E-state index in [-0.39, 0.29) is 6.61 Å². The fraction of sp³-hybridized carbons (Fsp3) is 0.500. The van der Waals surface area contributed by atoms with Gasteiger partial charge in [0.2, 0.25) is 8.32 Å². The van der Waals surface area contributed by atoms with Gasteiger partial charge in [0.05, 0.1) is 6.61 Å². The fourth-order valence-electron chi connectivity index (χ4n) is 0.869. The molecule has 0 aliphatic rings. The standard InChI is InChI=1S/C10H16F2O4Si/c1-5-15-6-7(10(13)14)8(9(11)12)16-17(2,3)4/h6H,5H2,1-4H3,(H,13,14)/b7-6-. The third-order valence-corrected chi connectivity index (χ3v) is 2.24. The molecule has 0 fully saturated rings. The zero-order chi connectivity index (χ0) is 13.6. The third-order valence-electron chi connectivity index (χ3n) is 1.42. The SMILES string of the molecule is CCO/C=C(\C(=O)O)C(O[Si](C)(C)C)=C(F)F. The van der Waals surface area contributed by atoms with Crippen molar-refractivity contribution in [3.63, 3.8) is 0 Å². The molecule has 0 bridgehead atoms. The van der Waals surface area contributed by atoms with E-state index in [1.54, 1.807) is 26.6 Å². The molecular formula is C10H16F2O4Si. The molecule has 0 aromatic heterocycles. The Kier molecular flexibility index (Phi) is 5.87. The van der Waals surface area contributed by atoms with Crippen LogP contribution in [0, 0.1) is 0 Å². The van der Waals surface area contributed by atoms with Gasteiger partial charge in [0, 0.05) is 0 Å². The maximum absolute atomic E-state index is 12.7. The summed E-state index contributed by atoms with van der Waals surface area (Å²) in [6.07, 6.45) is -1.39. The Morgan fingerprint density at radius 3 is 2.18 bits per heavy atom. The molecule has 0 saturated heterocycles. The molecule has 0 heterocycles. The van der Waals surface area contributed by atoms with Gasteiger partial charge in [0.25, 0.3) is 0 Å². The Balaban J connectivity index is 5.30. The highest BCUT2D eigenvalue weighted by Crippen LogP contribution is 2.23. The van der Waals surface area contributed by atoms with E-state index in [0.717, 1.165) is 6.26 Å². The predicted octanol–water partition coefficient (Wildman–Crippen LogP) is 2.95. The van der Waals surface area contributed by atoms with Crippen LogP contribution < -0.4 is 0 Å². The summed E-state index contributed by atoms with van der Waals surface area (Å²) in [5, 5.41) is 8.84. The highest BCUT2D eigenvalue weighted by Gasteiger charge is 2.27. The highest BCUT2D eigenvalue weighted by atomic mass is 28.4. The number of aliphatic carboxylic acids is 1. The first-order chi connectivity index (χ1) is 7.69. The summed E-state index contributed by atoms with van der Waals surface area (Å²) in [5.41, 5.74) is -0.672. The van der Waals surface area contributed by atoms with Crippen molar-refractivity contribution >= 4 is 14.3 Å². The molecule has 0 aromatic carbocycles. The second-order valence-corrected chi connectivity index (χ2v) is 8.52. The molecule has 7 heteroatoms. The average Bonchev–Trinajstić information content (AvgIpc) is 2.14. The lowest BCUT2D eigenvalue weighted by Crippen LogP contribution is -2.27. The fourth-order valence-corrected chi connectivity index (χ4v) is 1.67. The van der Waals surface area contributed by atoms with E-state index >= 15 is 0 Å². The lowest BCUT2D eigenvalue weighted by atomic mass is 10.2. The zero-order valence-corrected chi connectivity index (χ0v) is 11.2. The Labute approximate surface area is 99.7 Å². The maximum atomic E-state index is 12.7. The molecule has 0 radical (unpaired) electrons. The molecule has 17 heavy (non-hydrogen) atoms. The van der Waals surface area contributed by atoms with Crippen molar-refractivity contribution in [2.24, 2.45) is 0 Å². The van der Waals surface area contributed by atoms with Crippen LogP contribution in [0.25, 0.3) is 0 Å². The van der Waals surface area contributed by atoms with Crippen molar-refractivity contribution < 1.29 is 27.8 Å². The van der Waals surface area contributed by atoms with Crippen molar-refractivity contribution in [3.8, 4) is 0 Å². The van der Waals surface area contributed by atoms with Gasteiger partial charge in [-0.3, -0.25) is 0 Å². The van der Waals surface area contributed by atoms with E-state index in [0.29, 0.717) is 0 Å². The molecule has 0 rings (SSSR count). The number of carboxylic acid groups (broad SMARTS) is 1. The van der Waals surface area contributed by atoms with Gasteiger partial charge in [-0.2, -0.15) is 8.78 Å². The average molecular weight is 266 g/mol. The van der Waals surface area contributed by atoms with Crippen LogP contribution >= 0.6 is 0 Å². The van der Waals surface area contributed by atoms with Crippen molar-refractivity contribution in [3.05, 3.63) is 23.7 Å².